The minimum Gasteiger partial charge on any atom is -0.497 e. The van der Waals surface area contributed by atoms with Gasteiger partial charge in [0, 0.05) is 41.7 Å². The number of halogens is 1. The van der Waals surface area contributed by atoms with Gasteiger partial charge in [-0.25, -0.2) is 0 Å². The van der Waals surface area contributed by atoms with E-state index in [0.717, 1.165) is 66.8 Å². The molecule has 1 N–H and O–H groups in total. The Hall–Kier alpha value is -3.70. The molecule has 3 aromatic rings. The van der Waals surface area contributed by atoms with Gasteiger partial charge in [0.1, 0.15) is 5.75 Å². The maximum absolute atomic E-state index is 15.2. The van der Waals surface area contributed by atoms with Crippen molar-refractivity contribution >= 4 is 54.0 Å². The topological polar surface area (TPSA) is 99.6 Å². The maximum Gasteiger partial charge on any atom is 0.264 e. The molecule has 7 rings (SSSR count). The van der Waals surface area contributed by atoms with Crippen LogP contribution in [0.25, 0.3) is 0 Å². The summed E-state index contributed by atoms with van der Waals surface area (Å²) in [5, 5.41) is 11.8. The quantitative estimate of drug-likeness (QED) is 0.242. The normalized spacial score (nSPS) is 26.3. The monoisotopic (exact) mass is 757 g/mol. The standard InChI is InChI=1S/C42H52ClN3O6Si/c1-28-40(53(3,4)34-19-17-33(51-2)18-20-34)37(25-39(49)45-23-9-10-32(45)27-47)52-42(28)35-24-30(43)14-21-36(35)46(41(42)50)26-29-12-15-31(16-13-29)44-22-8-6-5-7-11-38(44)48/h12-21,24,28,32,37,40,47H,5-11,22-23,25-27H2,1-4H3/t28-,32-,37+,40-,42+/m0/s1. The van der Waals surface area contributed by atoms with E-state index in [1.54, 1.807) is 12.0 Å². The molecule has 3 aromatic carbocycles. The number of hydrogen-bond acceptors (Lipinski definition) is 6. The van der Waals surface area contributed by atoms with Gasteiger partial charge in [-0.3, -0.25) is 14.4 Å². The molecule has 0 bridgehead atoms. The van der Waals surface area contributed by atoms with Crippen LogP contribution in [0.4, 0.5) is 11.4 Å². The number of nitrogens with zero attached hydrogens (tertiary/aromatic N) is 3. The predicted octanol–water partition coefficient (Wildman–Crippen LogP) is 6.78. The molecule has 0 aromatic heterocycles. The van der Waals surface area contributed by atoms with Gasteiger partial charge in [0.2, 0.25) is 11.8 Å². The predicted molar refractivity (Wildman–Crippen MR) is 211 cm³/mol. The third-order valence-corrected chi connectivity index (χ3v) is 17.1. The SMILES string of the molecule is COc1ccc([Si](C)(C)[C@@H]2[C@@H](CC(=O)N3CCC[C@H]3CO)O[C@]3(C(=O)N(Cc4ccc(N5CCCCCCC5=O)cc4)c4ccc(Cl)cc43)[C@H]2C)cc1. The number of aliphatic hydroxyl groups is 1. The summed E-state index contributed by atoms with van der Waals surface area (Å²) in [6.07, 6.45) is 5.92. The Morgan fingerprint density at radius 1 is 0.981 bits per heavy atom. The van der Waals surface area contributed by atoms with E-state index in [0.29, 0.717) is 31.1 Å². The van der Waals surface area contributed by atoms with Crippen molar-refractivity contribution in [1.82, 2.24) is 4.90 Å². The average molecular weight is 758 g/mol. The van der Waals surface area contributed by atoms with Gasteiger partial charge in [0.05, 0.1) is 52.6 Å². The number of benzene rings is 3. The van der Waals surface area contributed by atoms with Crippen molar-refractivity contribution in [3.8, 4) is 5.75 Å². The molecule has 0 aliphatic carbocycles. The minimum atomic E-state index is -2.47. The van der Waals surface area contributed by atoms with E-state index in [4.69, 9.17) is 21.1 Å². The molecule has 9 nitrogen and oxygen atoms in total. The summed E-state index contributed by atoms with van der Waals surface area (Å²) in [5.41, 5.74) is 1.85. The van der Waals surface area contributed by atoms with Gasteiger partial charge in [0.15, 0.2) is 5.60 Å². The number of aliphatic hydroxyl groups excluding tert-OH is 1. The molecule has 53 heavy (non-hydrogen) atoms. The Bertz CT molecular complexity index is 1840. The minimum absolute atomic E-state index is 0.0486. The Kier molecular flexibility index (Phi) is 10.8. The van der Waals surface area contributed by atoms with Crippen LogP contribution in [0.2, 0.25) is 23.7 Å². The zero-order chi connectivity index (χ0) is 37.5. The number of carbonyl (C=O) groups is 3. The molecule has 4 aliphatic rings. The molecular formula is C42H52ClN3O6Si. The zero-order valence-corrected chi connectivity index (χ0v) is 33.1. The van der Waals surface area contributed by atoms with Gasteiger partial charge < -0.3 is 29.3 Å². The Morgan fingerprint density at radius 3 is 2.43 bits per heavy atom. The summed E-state index contributed by atoms with van der Waals surface area (Å²) in [6, 6.07) is 21.6. The molecule has 4 aliphatic heterocycles. The number of fused-ring (bicyclic) bond motifs is 2. The number of rotatable bonds is 9. The first-order valence-corrected chi connectivity index (χ1v) is 22.7. The van der Waals surface area contributed by atoms with E-state index in [-0.39, 0.29) is 48.3 Å². The van der Waals surface area contributed by atoms with Crippen LogP contribution in [-0.2, 0) is 31.3 Å². The van der Waals surface area contributed by atoms with E-state index in [9.17, 15) is 14.7 Å². The second-order valence-electron chi connectivity index (χ2n) is 15.9. The largest absolute Gasteiger partial charge is 0.497 e. The van der Waals surface area contributed by atoms with E-state index >= 15 is 4.79 Å². The van der Waals surface area contributed by atoms with Crippen molar-refractivity contribution in [3.63, 3.8) is 0 Å². The van der Waals surface area contributed by atoms with Gasteiger partial charge >= 0.3 is 0 Å². The van der Waals surface area contributed by atoms with Crippen molar-refractivity contribution in [1.29, 1.82) is 0 Å². The summed E-state index contributed by atoms with van der Waals surface area (Å²) in [5.74, 6) is 0.444. The highest BCUT2D eigenvalue weighted by atomic mass is 35.5. The van der Waals surface area contributed by atoms with Crippen molar-refractivity contribution < 1.29 is 29.0 Å². The van der Waals surface area contributed by atoms with Crippen molar-refractivity contribution in [2.75, 3.05) is 36.6 Å². The first kappa shape index (κ1) is 37.6. The molecule has 1 spiro atoms. The highest BCUT2D eigenvalue weighted by Crippen LogP contribution is 2.60. The molecule has 11 heteroatoms. The number of likely N-dealkylation sites (tertiary alicyclic amines) is 1. The fraction of sp³-hybridized carbons (Fsp3) is 0.500. The molecule has 0 radical (unpaired) electrons. The van der Waals surface area contributed by atoms with E-state index in [1.165, 1.54) is 5.19 Å². The van der Waals surface area contributed by atoms with Crippen LogP contribution in [-0.4, -0.2) is 74.8 Å². The van der Waals surface area contributed by atoms with Crippen LogP contribution >= 0.6 is 11.6 Å². The number of carbonyl (C=O) groups excluding carboxylic acids is 3. The molecule has 4 heterocycles. The van der Waals surface area contributed by atoms with Gasteiger partial charge in [-0.05, 0) is 79.3 Å². The highest BCUT2D eigenvalue weighted by molar-refractivity contribution is 6.91. The molecule has 5 atom stereocenters. The van der Waals surface area contributed by atoms with Gasteiger partial charge in [-0.2, -0.15) is 0 Å². The molecule has 3 saturated heterocycles. The van der Waals surface area contributed by atoms with Gasteiger partial charge in [-0.15, -0.1) is 0 Å². The first-order valence-electron chi connectivity index (χ1n) is 19.2. The fourth-order valence-corrected chi connectivity index (χ4v) is 13.9. The number of hydrogen-bond donors (Lipinski definition) is 1. The lowest BCUT2D eigenvalue weighted by Gasteiger charge is -2.37. The van der Waals surface area contributed by atoms with Crippen LogP contribution < -0.4 is 19.7 Å². The molecule has 0 saturated carbocycles. The summed E-state index contributed by atoms with van der Waals surface area (Å²) in [7, 11) is -0.813. The fourth-order valence-electron chi connectivity index (χ4n) is 9.68. The summed E-state index contributed by atoms with van der Waals surface area (Å²) in [6.45, 7) is 8.29. The summed E-state index contributed by atoms with van der Waals surface area (Å²) >= 11 is 6.70. The Balaban J connectivity index is 1.24. The Labute approximate surface area is 319 Å². The van der Waals surface area contributed by atoms with E-state index < -0.39 is 19.8 Å². The lowest BCUT2D eigenvalue weighted by atomic mass is 9.82. The third kappa shape index (κ3) is 6.81. The van der Waals surface area contributed by atoms with Gasteiger partial charge in [0.25, 0.3) is 5.91 Å². The lowest BCUT2D eigenvalue weighted by Crippen LogP contribution is -2.52. The number of methoxy groups -OCH3 is 1. The highest BCUT2D eigenvalue weighted by Gasteiger charge is 2.66. The van der Waals surface area contributed by atoms with Crippen LogP contribution in [0, 0.1) is 5.92 Å². The Morgan fingerprint density at radius 2 is 1.72 bits per heavy atom. The summed E-state index contributed by atoms with van der Waals surface area (Å²) < 4.78 is 12.7. The summed E-state index contributed by atoms with van der Waals surface area (Å²) in [4.78, 5) is 47.7. The van der Waals surface area contributed by atoms with Crippen LogP contribution in [0.15, 0.2) is 66.7 Å². The third-order valence-electron chi connectivity index (χ3n) is 12.5. The molecule has 0 unspecified atom stereocenters. The molecule has 3 amide bonds. The van der Waals surface area contributed by atoms with Crippen molar-refractivity contribution in [2.24, 2.45) is 5.92 Å². The van der Waals surface area contributed by atoms with E-state index in [1.807, 2.05) is 64.4 Å². The van der Waals surface area contributed by atoms with Gasteiger partial charge in [-0.1, -0.05) is 73.9 Å². The lowest BCUT2D eigenvalue weighted by molar-refractivity contribution is -0.150. The number of amides is 3. The maximum atomic E-state index is 15.2. The average Bonchev–Trinajstić information content (AvgIpc) is 3.81. The zero-order valence-electron chi connectivity index (χ0n) is 31.4. The van der Waals surface area contributed by atoms with Crippen molar-refractivity contribution in [3.05, 3.63) is 82.9 Å². The number of anilines is 2. The second kappa shape index (κ2) is 15.2. The van der Waals surface area contributed by atoms with Crippen LogP contribution in [0.3, 0.4) is 0 Å². The molecule has 282 valence electrons. The smallest absolute Gasteiger partial charge is 0.264 e. The number of ether oxygens (including phenoxy) is 2. The first-order chi connectivity index (χ1) is 25.5. The second-order valence-corrected chi connectivity index (χ2v) is 21.0. The van der Waals surface area contributed by atoms with Crippen molar-refractivity contribution in [2.45, 2.75) is 101 Å². The molecular weight excluding hydrogens is 706 g/mol. The van der Waals surface area contributed by atoms with Crippen LogP contribution in [0.5, 0.6) is 5.75 Å². The van der Waals surface area contributed by atoms with E-state index in [2.05, 4.69) is 32.2 Å². The van der Waals surface area contributed by atoms with Crippen LogP contribution in [0.1, 0.15) is 69.4 Å². The molecule has 3 fully saturated rings.